The van der Waals surface area contributed by atoms with E-state index in [0.29, 0.717) is 0 Å². The van der Waals surface area contributed by atoms with E-state index < -0.39 is 0 Å². The fourth-order valence-corrected chi connectivity index (χ4v) is 2.77. The smallest absolute Gasteiger partial charge is 0.0660 e. The summed E-state index contributed by atoms with van der Waals surface area (Å²) in [5, 5.41) is 0. The molecule has 0 atom stereocenters. The quantitative estimate of drug-likeness (QED) is 0.387. The van der Waals surface area contributed by atoms with E-state index >= 15 is 0 Å². The van der Waals surface area contributed by atoms with Crippen LogP contribution in [0.3, 0.4) is 0 Å². The lowest BCUT2D eigenvalue weighted by molar-refractivity contribution is 1.32. The summed E-state index contributed by atoms with van der Waals surface area (Å²) in [6.07, 6.45) is 7.23. The molecule has 3 heteroatoms. The molecular formula is C25H19N3. The van der Waals surface area contributed by atoms with Crippen molar-refractivity contribution in [2.45, 2.75) is 0 Å². The van der Waals surface area contributed by atoms with Gasteiger partial charge in [0.15, 0.2) is 0 Å². The Hall–Kier alpha value is -3.85. The lowest BCUT2D eigenvalue weighted by Crippen LogP contribution is -1.84. The molecular weight excluding hydrogens is 342 g/mol. The van der Waals surface area contributed by atoms with Crippen molar-refractivity contribution in [3.63, 3.8) is 0 Å². The van der Waals surface area contributed by atoms with Crippen molar-refractivity contribution in [2.24, 2.45) is 9.98 Å². The van der Waals surface area contributed by atoms with Crippen molar-refractivity contribution in [1.82, 2.24) is 4.98 Å². The maximum Gasteiger partial charge on any atom is 0.0660 e. The molecule has 1 aromatic heterocycles. The van der Waals surface area contributed by atoms with Crippen LogP contribution in [-0.4, -0.2) is 17.4 Å². The van der Waals surface area contributed by atoms with Crippen LogP contribution in [0.25, 0.3) is 11.1 Å². The second kappa shape index (κ2) is 8.69. The van der Waals surface area contributed by atoms with Crippen LogP contribution in [0.1, 0.15) is 11.1 Å². The minimum absolute atomic E-state index is 0.895. The Bertz CT molecular complexity index is 975. The first-order valence-electron chi connectivity index (χ1n) is 9.10. The van der Waals surface area contributed by atoms with Crippen molar-refractivity contribution in [3.05, 3.63) is 115 Å². The summed E-state index contributed by atoms with van der Waals surface area (Å²) in [4.78, 5) is 12.9. The van der Waals surface area contributed by atoms with Crippen molar-refractivity contribution in [3.8, 4) is 11.1 Å². The second-order valence-electron chi connectivity index (χ2n) is 6.30. The summed E-state index contributed by atoms with van der Waals surface area (Å²) in [5.41, 5.74) is 6.34. The number of hydrogen-bond donors (Lipinski definition) is 0. The van der Waals surface area contributed by atoms with Gasteiger partial charge in [-0.15, -0.1) is 0 Å². The Labute approximate surface area is 164 Å². The summed E-state index contributed by atoms with van der Waals surface area (Å²) >= 11 is 0. The molecule has 134 valence electrons. The first kappa shape index (κ1) is 17.6. The average Bonchev–Trinajstić information content (AvgIpc) is 2.78. The molecule has 0 aliphatic carbocycles. The number of hydrogen-bond acceptors (Lipinski definition) is 3. The number of para-hydroxylation sites is 1. The molecule has 3 nitrogen and oxygen atoms in total. The SMILES string of the molecule is C(=Nc1ccccc1)c1ccc(-c2ccc(C=Nc3ccncc3)cc2)cc1. The molecule has 4 aromatic rings. The third-order valence-corrected chi connectivity index (χ3v) is 4.30. The summed E-state index contributed by atoms with van der Waals surface area (Å²) < 4.78 is 0. The normalized spacial score (nSPS) is 11.3. The van der Waals surface area contributed by atoms with E-state index in [0.717, 1.165) is 22.5 Å². The van der Waals surface area contributed by atoms with Crippen molar-refractivity contribution < 1.29 is 0 Å². The number of benzene rings is 3. The van der Waals surface area contributed by atoms with E-state index in [2.05, 4.69) is 63.5 Å². The zero-order valence-corrected chi connectivity index (χ0v) is 15.3. The Balaban J connectivity index is 1.44. The van der Waals surface area contributed by atoms with Gasteiger partial charge in [-0.25, -0.2) is 0 Å². The number of rotatable bonds is 5. The van der Waals surface area contributed by atoms with Crippen LogP contribution in [0.15, 0.2) is 113 Å². The molecule has 0 spiro atoms. The molecule has 0 N–H and O–H groups in total. The van der Waals surface area contributed by atoms with E-state index in [1.54, 1.807) is 12.4 Å². The van der Waals surface area contributed by atoms with Crippen molar-refractivity contribution >= 4 is 23.8 Å². The predicted octanol–water partition coefficient (Wildman–Crippen LogP) is 6.25. The Morgan fingerprint density at radius 2 is 0.964 bits per heavy atom. The zero-order valence-electron chi connectivity index (χ0n) is 15.3. The van der Waals surface area contributed by atoms with Gasteiger partial charge >= 0.3 is 0 Å². The number of nitrogens with zero attached hydrogens (tertiary/aromatic N) is 3. The molecule has 0 aliphatic heterocycles. The summed E-state index contributed by atoms with van der Waals surface area (Å²) in [6.45, 7) is 0. The molecule has 0 saturated carbocycles. The van der Waals surface area contributed by atoms with E-state index in [1.807, 2.05) is 54.9 Å². The third kappa shape index (κ3) is 4.65. The molecule has 0 saturated heterocycles. The van der Waals surface area contributed by atoms with Gasteiger partial charge in [-0.05, 0) is 46.5 Å². The van der Waals surface area contributed by atoms with Crippen LogP contribution in [-0.2, 0) is 0 Å². The first-order chi connectivity index (χ1) is 13.9. The fourth-order valence-electron chi connectivity index (χ4n) is 2.77. The molecule has 0 radical (unpaired) electrons. The standard InChI is InChI=1S/C25H19N3/c1-2-4-24(5-3-1)27-18-20-6-10-22(11-7-20)23-12-8-21(9-13-23)19-28-25-14-16-26-17-15-25/h1-19H. The zero-order chi connectivity index (χ0) is 19.0. The summed E-state index contributed by atoms with van der Waals surface area (Å²) in [6, 6.07) is 30.5. The van der Waals surface area contributed by atoms with Crippen LogP contribution in [0.5, 0.6) is 0 Å². The molecule has 0 unspecified atom stereocenters. The van der Waals surface area contributed by atoms with Gasteiger partial charge in [-0.1, -0.05) is 66.7 Å². The van der Waals surface area contributed by atoms with Gasteiger partial charge in [0.05, 0.1) is 11.4 Å². The predicted molar refractivity (Wildman–Crippen MR) is 117 cm³/mol. The Morgan fingerprint density at radius 1 is 0.500 bits per heavy atom. The highest BCUT2D eigenvalue weighted by molar-refractivity contribution is 5.84. The summed E-state index contributed by atoms with van der Waals surface area (Å²) in [5.74, 6) is 0. The van der Waals surface area contributed by atoms with Crippen LogP contribution in [0, 0.1) is 0 Å². The number of pyridine rings is 1. The molecule has 4 rings (SSSR count). The topological polar surface area (TPSA) is 37.6 Å². The Morgan fingerprint density at radius 3 is 1.46 bits per heavy atom. The average molecular weight is 361 g/mol. The molecule has 0 bridgehead atoms. The molecule has 0 aliphatic rings. The van der Waals surface area contributed by atoms with Crippen LogP contribution in [0.2, 0.25) is 0 Å². The fraction of sp³-hybridized carbons (Fsp3) is 0. The number of aliphatic imine (C=N–C) groups is 2. The van der Waals surface area contributed by atoms with Gasteiger partial charge in [-0.2, -0.15) is 0 Å². The highest BCUT2D eigenvalue weighted by atomic mass is 14.7. The van der Waals surface area contributed by atoms with E-state index in [4.69, 9.17) is 0 Å². The maximum absolute atomic E-state index is 4.49. The molecule has 0 fully saturated rings. The number of aromatic nitrogens is 1. The van der Waals surface area contributed by atoms with Crippen molar-refractivity contribution in [2.75, 3.05) is 0 Å². The maximum atomic E-state index is 4.49. The highest BCUT2D eigenvalue weighted by Gasteiger charge is 1.98. The van der Waals surface area contributed by atoms with Gasteiger partial charge in [0.1, 0.15) is 0 Å². The molecule has 1 heterocycles. The van der Waals surface area contributed by atoms with Crippen LogP contribution < -0.4 is 0 Å². The second-order valence-corrected chi connectivity index (χ2v) is 6.30. The molecule has 0 amide bonds. The van der Waals surface area contributed by atoms with Gasteiger partial charge < -0.3 is 0 Å². The van der Waals surface area contributed by atoms with Crippen LogP contribution >= 0.6 is 0 Å². The first-order valence-corrected chi connectivity index (χ1v) is 9.10. The summed E-state index contributed by atoms with van der Waals surface area (Å²) in [7, 11) is 0. The molecule has 28 heavy (non-hydrogen) atoms. The van der Waals surface area contributed by atoms with Gasteiger partial charge in [-0.3, -0.25) is 15.0 Å². The minimum Gasteiger partial charge on any atom is -0.265 e. The third-order valence-electron chi connectivity index (χ3n) is 4.30. The van der Waals surface area contributed by atoms with Crippen molar-refractivity contribution in [1.29, 1.82) is 0 Å². The Kier molecular flexibility index (Phi) is 5.45. The van der Waals surface area contributed by atoms with Gasteiger partial charge in [0, 0.05) is 24.8 Å². The lowest BCUT2D eigenvalue weighted by atomic mass is 10.0. The van der Waals surface area contributed by atoms with Gasteiger partial charge in [0.25, 0.3) is 0 Å². The minimum atomic E-state index is 0.895. The lowest BCUT2D eigenvalue weighted by Gasteiger charge is -2.03. The van der Waals surface area contributed by atoms with E-state index in [9.17, 15) is 0 Å². The van der Waals surface area contributed by atoms with E-state index in [-0.39, 0.29) is 0 Å². The largest absolute Gasteiger partial charge is 0.265 e. The monoisotopic (exact) mass is 361 g/mol. The van der Waals surface area contributed by atoms with E-state index in [1.165, 1.54) is 11.1 Å². The van der Waals surface area contributed by atoms with Gasteiger partial charge in [0.2, 0.25) is 0 Å². The van der Waals surface area contributed by atoms with Crippen LogP contribution in [0.4, 0.5) is 11.4 Å². The molecule has 3 aromatic carbocycles. The highest BCUT2D eigenvalue weighted by Crippen LogP contribution is 2.20.